The van der Waals surface area contributed by atoms with E-state index in [2.05, 4.69) is 4.98 Å². The summed E-state index contributed by atoms with van der Waals surface area (Å²) in [5.41, 5.74) is -1.25. The molecule has 0 aliphatic heterocycles. The standard InChI is InChI=1S/C22H21F3N2O6/c1-10(2)17(8-28)27-7-14(22(30)31)18(29)13-4-11(21(32-3)26-20(13)27)9-33-19-15(24)5-12(23)6-16(19)25/h4-7,10,17,28H,8-9H2,1-3H3,(H,30,31)/t17-/m1/s1. The first-order valence-corrected chi connectivity index (χ1v) is 9.83. The number of hydrogen-bond donors (Lipinski definition) is 2. The highest BCUT2D eigenvalue weighted by Gasteiger charge is 2.24. The van der Waals surface area contributed by atoms with Crippen molar-refractivity contribution in [2.24, 2.45) is 5.92 Å². The predicted octanol–water partition coefficient (Wildman–Crippen LogP) is 3.29. The molecule has 3 rings (SSSR count). The summed E-state index contributed by atoms with van der Waals surface area (Å²) in [6.45, 7) is 2.73. The third-order valence-electron chi connectivity index (χ3n) is 5.12. The lowest BCUT2D eigenvalue weighted by atomic mass is 10.0. The molecule has 0 saturated heterocycles. The minimum Gasteiger partial charge on any atom is -0.483 e. The minimum absolute atomic E-state index is 0.0532. The number of rotatable bonds is 8. The molecular formula is C22H21F3N2O6. The second kappa shape index (κ2) is 9.49. The summed E-state index contributed by atoms with van der Waals surface area (Å²) < 4.78 is 52.7. The van der Waals surface area contributed by atoms with Crippen LogP contribution in [0, 0.1) is 23.4 Å². The highest BCUT2D eigenvalue weighted by atomic mass is 19.1. The molecule has 1 atom stereocenters. The molecule has 3 aromatic rings. The lowest BCUT2D eigenvalue weighted by Gasteiger charge is -2.24. The van der Waals surface area contributed by atoms with Crippen molar-refractivity contribution in [1.29, 1.82) is 0 Å². The maximum atomic E-state index is 13.9. The van der Waals surface area contributed by atoms with Gasteiger partial charge in [-0.05, 0) is 12.0 Å². The molecule has 0 bridgehead atoms. The Labute approximate surface area is 185 Å². The van der Waals surface area contributed by atoms with Crippen LogP contribution in [0.5, 0.6) is 11.6 Å². The number of pyridine rings is 2. The number of carboxylic acid groups (broad SMARTS) is 1. The molecule has 1 aromatic carbocycles. The summed E-state index contributed by atoms with van der Waals surface area (Å²) in [6, 6.07) is 1.55. The first kappa shape index (κ1) is 24.1. The topological polar surface area (TPSA) is 111 Å². The van der Waals surface area contributed by atoms with Crippen molar-refractivity contribution in [1.82, 2.24) is 9.55 Å². The van der Waals surface area contributed by atoms with Gasteiger partial charge in [0.1, 0.15) is 23.6 Å². The Kier molecular flexibility index (Phi) is 6.92. The fraction of sp³-hybridized carbons (Fsp3) is 0.318. The number of carbonyl (C=O) groups is 1. The molecule has 0 radical (unpaired) electrons. The van der Waals surface area contributed by atoms with Crippen molar-refractivity contribution in [3.8, 4) is 11.6 Å². The molecule has 0 aliphatic carbocycles. The Hall–Kier alpha value is -3.60. The molecule has 2 aromatic heterocycles. The zero-order chi connectivity index (χ0) is 24.4. The van der Waals surface area contributed by atoms with Crippen LogP contribution < -0.4 is 14.9 Å². The van der Waals surface area contributed by atoms with E-state index in [9.17, 15) is 33.0 Å². The van der Waals surface area contributed by atoms with Gasteiger partial charge >= 0.3 is 5.97 Å². The Morgan fingerprint density at radius 1 is 1.18 bits per heavy atom. The quantitative estimate of drug-likeness (QED) is 0.524. The molecule has 0 saturated carbocycles. The number of hydrogen-bond acceptors (Lipinski definition) is 6. The molecule has 33 heavy (non-hydrogen) atoms. The minimum atomic E-state index is -1.47. The average Bonchev–Trinajstić information content (AvgIpc) is 2.74. The van der Waals surface area contributed by atoms with Gasteiger partial charge in [-0.1, -0.05) is 13.8 Å². The van der Waals surface area contributed by atoms with Crippen molar-refractivity contribution in [3.05, 3.63) is 63.2 Å². The number of benzene rings is 1. The van der Waals surface area contributed by atoms with Crippen molar-refractivity contribution in [3.63, 3.8) is 0 Å². The van der Waals surface area contributed by atoms with E-state index in [1.54, 1.807) is 13.8 Å². The number of aliphatic hydroxyl groups is 1. The van der Waals surface area contributed by atoms with Gasteiger partial charge in [0, 0.05) is 18.3 Å². The van der Waals surface area contributed by atoms with Crippen LogP contribution in [-0.4, -0.2) is 39.5 Å². The zero-order valence-corrected chi connectivity index (χ0v) is 17.9. The van der Waals surface area contributed by atoms with Crippen LogP contribution in [0.4, 0.5) is 13.2 Å². The van der Waals surface area contributed by atoms with Gasteiger partial charge in [0.15, 0.2) is 17.4 Å². The first-order chi connectivity index (χ1) is 15.6. The third kappa shape index (κ3) is 4.63. The van der Waals surface area contributed by atoms with E-state index in [0.29, 0.717) is 12.1 Å². The number of aromatic nitrogens is 2. The van der Waals surface area contributed by atoms with Gasteiger partial charge < -0.3 is 24.3 Å². The lowest BCUT2D eigenvalue weighted by molar-refractivity contribution is 0.0694. The number of ether oxygens (including phenoxy) is 2. The lowest BCUT2D eigenvalue weighted by Crippen LogP contribution is -2.26. The number of methoxy groups -OCH3 is 1. The SMILES string of the molecule is COc1nc2c(cc1COc1c(F)cc(F)cc1F)c(=O)c(C(=O)O)cn2[C@H](CO)C(C)C. The monoisotopic (exact) mass is 466 g/mol. The van der Waals surface area contributed by atoms with Gasteiger partial charge in [0.05, 0.1) is 30.7 Å². The molecule has 0 fully saturated rings. The second-order valence-electron chi connectivity index (χ2n) is 7.59. The molecule has 0 amide bonds. The number of aromatic carboxylic acids is 1. The van der Waals surface area contributed by atoms with E-state index in [0.717, 1.165) is 6.20 Å². The molecule has 2 heterocycles. The van der Waals surface area contributed by atoms with Crippen LogP contribution in [0.3, 0.4) is 0 Å². The number of halogens is 3. The zero-order valence-electron chi connectivity index (χ0n) is 17.9. The van der Waals surface area contributed by atoms with Gasteiger partial charge in [-0.3, -0.25) is 4.79 Å². The van der Waals surface area contributed by atoms with E-state index < -0.39 is 52.8 Å². The Balaban J connectivity index is 2.19. The van der Waals surface area contributed by atoms with Crippen molar-refractivity contribution < 1.29 is 37.7 Å². The fourth-order valence-corrected chi connectivity index (χ4v) is 3.42. The van der Waals surface area contributed by atoms with Crippen LogP contribution in [0.25, 0.3) is 11.0 Å². The summed E-state index contributed by atoms with van der Waals surface area (Å²) >= 11 is 0. The summed E-state index contributed by atoms with van der Waals surface area (Å²) in [5, 5.41) is 19.2. The summed E-state index contributed by atoms with van der Waals surface area (Å²) in [6.07, 6.45) is 1.11. The van der Waals surface area contributed by atoms with E-state index >= 15 is 0 Å². The van der Waals surface area contributed by atoms with E-state index in [4.69, 9.17) is 9.47 Å². The van der Waals surface area contributed by atoms with Crippen LogP contribution in [-0.2, 0) is 6.61 Å². The first-order valence-electron chi connectivity index (χ1n) is 9.83. The third-order valence-corrected chi connectivity index (χ3v) is 5.12. The van der Waals surface area contributed by atoms with Crippen LogP contribution >= 0.6 is 0 Å². The van der Waals surface area contributed by atoms with Gasteiger partial charge in [-0.2, -0.15) is 4.98 Å². The Morgan fingerprint density at radius 2 is 1.82 bits per heavy atom. The molecule has 176 valence electrons. The molecule has 0 unspecified atom stereocenters. The van der Waals surface area contributed by atoms with E-state index in [1.807, 2.05) is 0 Å². The molecule has 8 nitrogen and oxygen atoms in total. The van der Waals surface area contributed by atoms with E-state index in [-0.39, 0.29) is 35.0 Å². The smallest absolute Gasteiger partial charge is 0.341 e. The molecular weight excluding hydrogens is 445 g/mol. The Morgan fingerprint density at radius 3 is 2.33 bits per heavy atom. The van der Waals surface area contributed by atoms with Crippen LogP contribution in [0.15, 0.2) is 29.2 Å². The van der Waals surface area contributed by atoms with Crippen molar-refractivity contribution >= 4 is 17.0 Å². The molecule has 2 N–H and O–H groups in total. The summed E-state index contributed by atoms with van der Waals surface area (Å²) in [4.78, 5) is 28.8. The van der Waals surface area contributed by atoms with Crippen LogP contribution in [0.2, 0.25) is 0 Å². The molecule has 11 heteroatoms. The van der Waals surface area contributed by atoms with Gasteiger partial charge in [-0.25, -0.2) is 18.0 Å². The number of fused-ring (bicyclic) bond motifs is 1. The van der Waals surface area contributed by atoms with Gasteiger partial charge in [0.2, 0.25) is 11.3 Å². The normalized spacial score (nSPS) is 12.2. The highest BCUT2D eigenvalue weighted by Crippen LogP contribution is 2.28. The fourth-order valence-electron chi connectivity index (χ4n) is 3.42. The average molecular weight is 466 g/mol. The largest absolute Gasteiger partial charge is 0.483 e. The van der Waals surface area contributed by atoms with E-state index in [1.165, 1.54) is 17.7 Å². The van der Waals surface area contributed by atoms with Crippen molar-refractivity contribution in [2.75, 3.05) is 13.7 Å². The molecule has 0 aliphatic rings. The number of carboxylic acids is 1. The second-order valence-corrected chi connectivity index (χ2v) is 7.59. The molecule has 0 spiro atoms. The summed E-state index contributed by atoms with van der Waals surface area (Å²) in [7, 11) is 1.27. The number of aliphatic hydroxyl groups excluding tert-OH is 1. The van der Waals surface area contributed by atoms with Gasteiger partial charge in [0.25, 0.3) is 0 Å². The maximum Gasteiger partial charge on any atom is 0.341 e. The highest BCUT2D eigenvalue weighted by molar-refractivity contribution is 5.92. The van der Waals surface area contributed by atoms with Gasteiger partial charge in [-0.15, -0.1) is 0 Å². The van der Waals surface area contributed by atoms with Crippen molar-refractivity contribution in [2.45, 2.75) is 26.5 Å². The predicted molar refractivity (Wildman–Crippen MR) is 111 cm³/mol. The maximum absolute atomic E-state index is 13.9. The Bertz CT molecular complexity index is 1250. The van der Waals surface area contributed by atoms with Crippen LogP contribution in [0.1, 0.15) is 35.8 Å². The summed E-state index contributed by atoms with van der Waals surface area (Å²) in [5.74, 6) is -6.16. The number of nitrogens with zero attached hydrogens (tertiary/aromatic N) is 2.